The molecule has 2 bridgehead atoms. The molecule has 4 rings (SSSR count). The van der Waals surface area contributed by atoms with Crippen LogP contribution in [0.5, 0.6) is 0 Å². The van der Waals surface area contributed by atoms with Gasteiger partial charge in [-0.05, 0) is 28.1 Å². The second kappa shape index (κ2) is 5.42. The van der Waals surface area contributed by atoms with E-state index in [1.165, 1.54) is 11.3 Å². The first-order valence-electron chi connectivity index (χ1n) is 6.26. The van der Waals surface area contributed by atoms with Crippen LogP contribution in [0.2, 0.25) is 0 Å². The highest BCUT2D eigenvalue weighted by atomic mass is 79.9. The molecule has 0 aromatic carbocycles. The Kier molecular flexibility index (Phi) is 3.98. The molecular weight excluding hydrogens is 350 g/mol. The molecule has 1 aromatic rings. The number of halogens is 1. The van der Waals surface area contributed by atoms with Crippen LogP contribution in [0.25, 0.3) is 0 Å². The van der Waals surface area contributed by atoms with Gasteiger partial charge in [0.15, 0.2) is 0 Å². The van der Waals surface area contributed by atoms with Gasteiger partial charge in [-0.25, -0.2) is 13.1 Å². The van der Waals surface area contributed by atoms with Crippen molar-refractivity contribution in [1.82, 2.24) is 14.5 Å². The van der Waals surface area contributed by atoms with E-state index in [9.17, 15) is 8.42 Å². The van der Waals surface area contributed by atoms with Crippen LogP contribution >= 0.6 is 27.3 Å². The molecule has 1 N–H and O–H groups in total. The molecule has 3 aliphatic rings. The number of sulfonamides is 1. The van der Waals surface area contributed by atoms with E-state index in [2.05, 4.69) is 30.5 Å². The first kappa shape index (κ1) is 14.0. The highest BCUT2D eigenvalue weighted by Gasteiger charge is 2.32. The van der Waals surface area contributed by atoms with E-state index in [0.717, 1.165) is 36.5 Å². The number of nitrogens with zero attached hydrogens (tertiary/aromatic N) is 2. The average Bonchev–Trinajstić information content (AvgIpc) is 2.86. The molecule has 8 heteroatoms. The molecule has 3 saturated heterocycles. The molecule has 0 amide bonds. The predicted molar refractivity (Wildman–Crippen MR) is 79.0 cm³/mol. The smallest absolute Gasteiger partial charge is 0.250 e. The maximum absolute atomic E-state index is 12.1. The third kappa shape index (κ3) is 3.03. The molecule has 1 aromatic heterocycles. The monoisotopic (exact) mass is 365 g/mol. The van der Waals surface area contributed by atoms with Crippen molar-refractivity contribution < 1.29 is 8.42 Å². The Labute approximate surface area is 125 Å². The van der Waals surface area contributed by atoms with Gasteiger partial charge in [0, 0.05) is 45.3 Å². The van der Waals surface area contributed by atoms with Crippen molar-refractivity contribution in [3.8, 4) is 0 Å². The van der Waals surface area contributed by atoms with Crippen LogP contribution in [0.3, 0.4) is 0 Å². The van der Waals surface area contributed by atoms with Crippen LogP contribution in [0, 0.1) is 0 Å². The quantitative estimate of drug-likeness (QED) is 0.856. The van der Waals surface area contributed by atoms with Crippen LogP contribution < -0.4 is 4.72 Å². The second-order valence-corrected chi connectivity index (χ2v) is 9.36. The summed E-state index contributed by atoms with van der Waals surface area (Å²) in [6.45, 7) is 5.79. The average molecular weight is 366 g/mol. The number of nitrogens with one attached hydrogen (secondary N) is 1. The summed E-state index contributed by atoms with van der Waals surface area (Å²) in [6.07, 6.45) is 0. The Balaban J connectivity index is 1.63. The molecule has 19 heavy (non-hydrogen) atoms. The van der Waals surface area contributed by atoms with Gasteiger partial charge in [-0.3, -0.25) is 9.80 Å². The fourth-order valence-corrected chi connectivity index (χ4v) is 5.76. The summed E-state index contributed by atoms with van der Waals surface area (Å²) in [5.41, 5.74) is 0. The van der Waals surface area contributed by atoms with Gasteiger partial charge in [0.2, 0.25) is 10.0 Å². The summed E-state index contributed by atoms with van der Waals surface area (Å²) in [7, 11) is -3.36. The zero-order valence-electron chi connectivity index (χ0n) is 10.4. The fraction of sp³-hybridized carbons (Fsp3) is 0.636. The first-order chi connectivity index (χ1) is 9.04. The number of thiophene rings is 1. The maximum Gasteiger partial charge on any atom is 0.250 e. The SMILES string of the molecule is O=S(=O)(NCC1CN2CCN1CC2)c1ccc(Br)s1. The molecule has 106 valence electrons. The van der Waals surface area contributed by atoms with Gasteiger partial charge in [-0.15, -0.1) is 11.3 Å². The largest absolute Gasteiger partial charge is 0.299 e. The summed E-state index contributed by atoms with van der Waals surface area (Å²) in [5.74, 6) is 0. The molecule has 3 fully saturated rings. The third-order valence-electron chi connectivity index (χ3n) is 3.71. The van der Waals surface area contributed by atoms with Crippen LogP contribution in [-0.4, -0.2) is 63.5 Å². The summed E-state index contributed by atoms with van der Waals surface area (Å²) < 4.78 is 28.2. The maximum atomic E-state index is 12.1. The lowest BCUT2D eigenvalue weighted by atomic mass is 10.1. The lowest BCUT2D eigenvalue weighted by Crippen LogP contribution is -2.63. The molecular formula is C11H16BrN3O2S2. The minimum absolute atomic E-state index is 0.306. The van der Waals surface area contributed by atoms with Gasteiger partial charge in [-0.2, -0.15) is 0 Å². The van der Waals surface area contributed by atoms with Crippen LogP contribution in [-0.2, 0) is 10.0 Å². The van der Waals surface area contributed by atoms with Gasteiger partial charge in [-0.1, -0.05) is 0 Å². The molecule has 3 aliphatic heterocycles. The fourth-order valence-electron chi connectivity index (χ4n) is 2.64. The Hall–Kier alpha value is 0.01000. The Morgan fingerprint density at radius 3 is 2.58 bits per heavy atom. The standard InChI is InChI=1S/C11H16BrN3O2S2/c12-10-1-2-11(18-10)19(16,17)13-7-9-8-14-3-5-15(9)6-4-14/h1-2,9,13H,3-8H2. The number of rotatable bonds is 4. The molecule has 0 saturated carbocycles. The number of hydrogen-bond acceptors (Lipinski definition) is 5. The first-order valence-corrected chi connectivity index (χ1v) is 9.35. The summed E-state index contributed by atoms with van der Waals surface area (Å²) >= 11 is 4.53. The third-order valence-corrected chi connectivity index (χ3v) is 7.25. The highest BCUT2D eigenvalue weighted by Crippen LogP contribution is 2.26. The lowest BCUT2D eigenvalue weighted by molar-refractivity contribution is 0.0158. The van der Waals surface area contributed by atoms with Crippen molar-refractivity contribution >= 4 is 37.3 Å². The summed E-state index contributed by atoms with van der Waals surface area (Å²) in [4.78, 5) is 4.79. The van der Waals surface area contributed by atoms with E-state index >= 15 is 0 Å². The topological polar surface area (TPSA) is 52.7 Å². The van der Waals surface area contributed by atoms with E-state index in [-0.39, 0.29) is 0 Å². The van der Waals surface area contributed by atoms with Crippen molar-refractivity contribution in [3.05, 3.63) is 15.9 Å². The van der Waals surface area contributed by atoms with Crippen LogP contribution in [0.15, 0.2) is 20.1 Å². The normalized spacial score (nSPS) is 30.7. The number of fused-ring (bicyclic) bond motifs is 3. The molecule has 4 heterocycles. The van der Waals surface area contributed by atoms with Gasteiger partial charge >= 0.3 is 0 Å². The van der Waals surface area contributed by atoms with Gasteiger partial charge in [0.25, 0.3) is 0 Å². The van der Waals surface area contributed by atoms with Crippen molar-refractivity contribution in [2.24, 2.45) is 0 Å². The predicted octanol–water partition coefficient (Wildman–Crippen LogP) is 0.789. The van der Waals surface area contributed by atoms with Gasteiger partial charge in [0.1, 0.15) is 4.21 Å². The molecule has 0 radical (unpaired) electrons. The molecule has 5 nitrogen and oxygen atoms in total. The van der Waals surface area contributed by atoms with Gasteiger partial charge in [0.05, 0.1) is 3.79 Å². The number of piperazine rings is 3. The highest BCUT2D eigenvalue weighted by molar-refractivity contribution is 9.11. The Morgan fingerprint density at radius 1 is 1.32 bits per heavy atom. The Morgan fingerprint density at radius 2 is 2.05 bits per heavy atom. The zero-order valence-corrected chi connectivity index (χ0v) is 13.6. The van der Waals surface area contributed by atoms with Crippen LogP contribution in [0.1, 0.15) is 0 Å². The molecule has 1 unspecified atom stereocenters. The van der Waals surface area contributed by atoms with Crippen molar-refractivity contribution in [2.75, 3.05) is 39.3 Å². The summed E-state index contributed by atoms with van der Waals surface area (Å²) in [5, 5.41) is 0. The number of hydrogen-bond donors (Lipinski definition) is 1. The molecule has 1 atom stereocenters. The van der Waals surface area contributed by atoms with E-state index in [0.29, 0.717) is 16.8 Å². The van der Waals surface area contributed by atoms with Crippen LogP contribution in [0.4, 0.5) is 0 Å². The van der Waals surface area contributed by atoms with E-state index in [1.807, 2.05) is 0 Å². The zero-order chi connectivity index (χ0) is 13.5. The van der Waals surface area contributed by atoms with Crippen molar-refractivity contribution in [3.63, 3.8) is 0 Å². The van der Waals surface area contributed by atoms with E-state index < -0.39 is 10.0 Å². The van der Waals surface area contributed by atoms with Gasteiger partial charge < -0.3 is 0 Å². The molecule has 0 spiro atoms. The summed E-state index contributed by atoms with van der Waals surface area (Å²) in [6, 6.07) is 3.70. The van der Waals surface area contributed by atoms with E-state index in [1.54, 1.807) is 12.1 Å². The van der Waals surface area contributed by atoms with Crippen molar-refractivity contribution in [2.45, 2.75) is 10.3 Å². The molecule has 0 aliphatic carbocycles. The second-order valence-electron chi connectivity index (χ2n) is 4.90. The minimum Gasteiger partial charge on any atom is -0.299 e. The van der Waals surface area contributed by atoms with Crippen molar-refractivity contribution in [1.29, 1.82) is 0 Å². The minimum atomic E-state index is -3.36. The van der Waals surface area contributed by atoms with E-state index in [4.69, 9.17) is 0 Å². The Bertz CT molecular complexity index is 552. The lowest BCUT2D eigenvalue weighted by Gasteiger charge is -2.47.